The van der Waals surface area contributed by atoms with Crippen LogP contribution in [0.2, 0.25) is 0 Å². The predicted octanol–water partition coefficient (Wildman–Crippen LogP) is 1.52. The molecular formula is C18H28N6O2. The molecule has 3 rings (SSSR count). The highest BCUT2D eigenvalue weighted by atomic mass is 16.5. The predicted molar refractivity (Wildman–Crippen MR) is 99.0 cm³/mol. The van der Waals surface area contributed by atoms with E-state index in [9.17, 15) is 4.79 Å². The molecule has 8 heteroatoms. The lowest BCUT2D eigenvalue weighted by Gasteiger charge is -2.32. The number of nitrogens with one attached hydrogen (secondary N) is 1. The standard InChI is InChI=1S/C18H28N6O2/c1-14(2)12-26-11-3-8-19-18(25)15-6-9-23(10-7-15)17-5-4-16-21-20-13-24(16)22-17/h4-5,13-15H,3,6-12H2,1-2H3,(H,19,25). The average Bonchev–Trinajstić information content (AvgIpc) is 3.12. The Hall–Kier alpha value is -2.22. The van der Waals surface area contributed by atoms with Crippen molar-refractivity contribution in [3.63, 3.8) is 0 Å². The van der Waals surface area contributed by atoms with Crippen molar-refractivity contribution in [1.82, 2.24) is 25.1 Å². The maximum atomic E-state index is 12.3. The smallest absolute Gasteiger partial charge is 0.223 e. The van der Waals surface area contributed by atoms with Crippen molar-refractivity contribution in [3.05, 3.63) is 18.5 Å². The van der Waals surface area contributed by atoms with E-state index in [1.165, 1.54) is 0 Å². The Bertz CT molecular complexity index is 709. The van der Waals surface area contributed by atoms with E-state index < -0.39 is 0 Å². The number of fused-ring (bicyclic) bond motifs is 1. The molecule has 1 aliphatic heterocycles. The van der Waals surface area contributed by atoms with Crippen molar-refractivity contribution in [2.24, 2.45) is 11.8 Å². The molecule has 26 heavy (non-hydrogen) atoms. The second-order valence-electron chi connectivity index (χ2n) is 7.20. The van der Waals surface area contributed by atoms with Crippen molar-refractivity contribution in [3.8, 4) is 0 Å². The third-order valence-corrected chi connectivity index (χ3v) is 4.55. The third kappa shape index (κ3) is 4.91. The van der Waals surface area contributed by atoms with Gasteiger partial charge in [-0.2, -0.15) is 4.52 Å². The number of amides is 1. The first-order valence-electron chi connectivity index (χ1n) is 9.41. The molecule has 0 spiro atoms. The Labute approximate surface area is 153 Å². The largest absolute Gasteiger partial charge is 0.381 e. The molecule has 3 heterocycles. The Balaban J connectivity index is 1.38. The molecule has 1 saturated heterocycles. The first-order chi connectivity index (χ1) is 12.6. The van der Waals surface area contributed by atoms with E-state index in [4.69, 9.17) is 4.74 Å². The lowest BCUT2D eigenvalue weighted by Crippen LogP contribution is -2.41. The van der Waals surface area contributed by atoms with Gasteiger partial charge in [-0.15, -0.1) is 15.3 Å². The van der Waals surface area contributed by atoms with E-state index in [2.05, 4.69) is 39.4 Å². The lowest BCUT2D eigenvalue weighted by molar-refractivity contribution is -0.125. The molecule has 8 nitrogen and oxygen atoms in total. The van der Waals surface area contributed by atoms with Gasteiger partial charge in [-0.3, -0.25) is 4.79 Å². The van der Waals surface area contributed by atoms with Crippen LogP contribution in [0.3, 0.4) is 0 Å². The zero-order chi connectivity index (χ0) is 18.4. The first-order valence-corrected chi connectivity index (χ1v) is 9.41. The number of ether oxygens (including phenoxy) is 1. The average molecular weight is 360 g/mol. The van der Waals surface area contributed by atoms with Crippen LogP contribution in [-0.2, 0) is 9.53 Å². The zero-order valence-electron chi connectivity index (χ0n) is 15.6. The number of aromatic nitrogens is 4. The van der Waals surface area contributed by atoms with Gasteiger partial charge >= 0.3 is 0 Å². The lowest BCUT2D eigenvalue weighted by atomic mass is 9.96. The summed E-state index contributed by atoms with van der Waals surface area (Å²) in [4.78, 5) is 14.5. The van der Waals surface area contributed by atoms with Crippen molar-refractivity contribution in [1.29, 1.82) is 0 Å². The number of hydrogen-bond acceptors (Lipinski definition) is 6. The fourth-order valence-corrected chi connectivity index (χ4v) is 3.11. The van der Waals surface area contributed by atoms with Crippen LogP contribution in [-0.4, -0.2) is 58.6 Å². The minimum absolute atomic E-state index is 0.0847. The van der Waals surface area contributed by atoms with Crippen LogP contribution in [0.25, 0.3) is 5.65 Å². The van der Waals surface area contributed by atoms with Gasteiger partial charge in [0, 0.05) is 38.8 Å². The van der Waals surface area contributed by atoms with Gasteiger partial charge in [0.05, 0.1) is 0 Å². The molecule has 0 bridgehead atoms. The van der Waals surface area contributed by atoms with Crippen molar-refractivity contribution in [2.45, 2.75) is 33.1 Å². The van der Waals surface area contributed by atoms with E-state index in [-0.39, 0.29) is 11.8 Å². The summed E-state index contributed by atoms with van der Waals surface area (Å²) in [6.07, 6.45) is 4.15. The Morgan fingerprint density at radius 1 is 1.35 bits per heavy atom. The minimum Gasteiger partial charge on any atom is -0.381 e. The van der Waals surface area contributed by atoms with Gasteiger partial charge in [-0.1, -0.05) is 13.8 Å². The molecule has 1 amide bonds. The van der Waals surface area contributed by atoms with Gasteiger partial charge in [0.15, 0.2) is 5.65 Å². The summed E-state index contributed by atoms with van der Waals surface area (Å²) in [5.41, 5.74) is 0.736. The molecule has 2 aromatic rings. The molecule has 1 aliphatic rings. The number of carbonyl (C=O) groups is 1. The van der Waals surface area contributed by atoms with E-state index in [1.807, 2.05) is 12.1 Å². The molecule has 0 atom stereocenters. The van der Waals surface area contributed by atoms with Crippen LogP contribution in [0.5, 0.6) is 0 Å². The second-order valence-corrected chi connectivity index (χ2v) is 7.20. The third-order valence-electron chi connectivity index (χ3n) is 4.55. The maximum Gasteiger partial charge on any atom is 0.223 e. The topological polar surface area (TPSA) is 84.6 Å². The van der Waals surface area contributed by atoms with Gasteiger partial charge in [-0.25, -0.2) is 0 Å². The zero-order valence-corrected chi connectivity index (χ0v) is 15.6. The van der Waals surface area contributed by atoms with Gasteiger partial charge in [0.1, 0.15) is 12.1 Å². The maximum absolute atomic E-state index is 12.3. The van der Waals surface area contributed by atoms with Gasteiger partial charge < -0.3 is 15.0 Å². The van der Waals surface area contributed by atoms with E-state index >= 15 is 0 Å². The number of piperidine rings is 1. The van der Waals surface area contributed by atoms with E-state index in [0.29, 0.717) is 19.1 Å². The Morgan fingerprint density at radius 3 is 2.92 bits per heavy atom. The van der Waals surface area contributed by atoms with Crippen LogP contribution >= 0.6 is 0 Å². The molecule has 0 saturated carbocycles. The number of hydrogen-bond donors (Lipinski definition) is 1. The monoisotopic (exact) mass is 360 g/mol. The molecule has 1 fully saturated rings. The number of anilines is 1. The molecule has 0 radical (unpaired) electrons. The van der Waals surface area contributed by atoms with Crippen LogP contribution in [0.4, 0.5) is 5.82 Å². The summed E-state index contributed by atoms with van der Waals surface area (Å²) < 4.78 is 7.21. The summed E-state index contributed by atoms with van der Waals surface area (Å²) in [7, 11) is 0. The van der Waals surface area contributed by atoms with E-state index in [1.54, 1.807) is 10.8 Å². The minimum atomic E-state index is 0.0847. The highest BCUT2D eigenvalue weighted by molar-refractivity contribution is 5.78. The van der Waals surface area contributed by atoms with Crippen LogP contribution in [0.1, 0.15) is 33.1 Å². The van der Waals surface area contributed by atoms with Crippen molar-refractivity contribution >= 4 is 17.4 Å². The van der Waals surface area contributed by atoms with Crippen molar-refractivity contribution < 1.29 is 9.53 Å². The quantitative estimate of drug-likeness (QED) is 0.719. The van der Waals surface area contributed by atoms with Crippen molar-refractivity contribution in [2.75, 3.05) is 37.7 Å². The van der Waals surface area contributed by atoms with Gasteiger partial charge in [-0.05, 0) is 37.3 Å². The van der Waals surface area contributed by atoms with Crippen LogP contribution in [0.15, 0.2) is 18.5 Å². The molecular weight excluding hydrogens is 332 g/mol. The Kier molecular flexibility index (Phi) is 6.38. The summed E-state index contributed by atoms with van der Waals surface area (Å²) >= 11 is 0. The SMILES string of the molecule is CC(C)COCCCNC(=O)C1CCN(c2ccc3nncn3n2)CC1. The molecule has 2 aromatic heterocycles. The molecule has 1 N–H and O–H groups in total. The normalized spacial score (nSPS) is 15.7. The summed E-state index contributed by atoms with van der Waals surface area (Å²) in [5, 5.41) is 15.4. The highest BCUT2D eigenvalue weighted by Crippen LogP contribution is 2.22. The highest BCUT2D eigenvalue weighted by Gasteiger charge is 2.25. The van der Waals surface area contributed by atoms with Crippen LogP contribution in [0, 0.1) is 11.8 Å². The summed E-state index contributed by atoms with van der Waals surface area (Å²) in [5.74, 6) is 1.70. The number of rotatable bonds is 8. The fourth-order valence-electron chi connectivity index (χ4n) is 3.11. The number of carbonyl (C=O) groups excluding carboxylic acids is 1. The summed E-state index contributed by atoms with van der Waals surface area (Å²) in [6.45, 7) is 8.09. The molecule has 0 aliphatic carbocycles. The molecule has 0 aromatic carbocycles. The number of nitrogens with zero attached hydrogens (tertiary/aromatic N) is 5. The fraction of sp³-hybridized carbons (Fsp3) is 0.667. The van der Waals surface area contributed by atoms with Crippen LogP contribution < -0.4 is 10.2 Å². The summed E-state index contributed by atoms with van der Waals surface area (Å²) in [6, 6.07) is 3.87. The van der Waals surface area contributed by atoms with Gasteiger partial charge in [0.2, 0.25) is 5.91 Å². The Morgan fingerprint density at radius 2 is 2.15 bits per heavy atom. The second kappa shape index (κ2) is 8.93. The first kappa shape index (κ1) is 18.6. The van der Waals surface area contributed by atoms with Gasteiger partial charge in [0.25, 0.3) is 0 Å². The van der Waals surface area contributed by atoms with E-state index in [0.717, 1.165) is 50.4 Å². The molecule has 142 valence electrons. The molecule has 0 unspecified atom stereocenters.